The number of carbonyl (C=O) groups is 3. The van der Waals surface area contributed by atoms with E-state index in [1.807, 2.05) is 0 Å². The van der Waals surface area contributed by atoms with E-state index < -0.39 is 6.10 Å². The average molecular weight is 863 g/mol. The van der Waals surface area contributed by atoms with Gasteiger partial charge in [-0.2, -0.15) is 0 Å². The number of esters is 3. The van der Waals surface area contributed by atoms with Crippen molar-refractivity contribution in [2.24, 2.45) is 5.92 Å². The Balaban J connectivity index is 4.16. The number of hydrogen-bond acceptors (Lipinski definition) is 6. The van der Waals surface area contributed by atoms with Gasteiger partial charge in [0, 0.05) is 19.3 Å². The van der Waals surface area contributed by atoms with Gasteiger partial charge in [-0.15, -0.1) is 0 Å². The highest BCUT2D eigenvalue weighted by molar-refractivity contribution is 5.71. The normalized spacial score (nSPS) is 12.4. The van der Waals surface area contributed by atoms with Crippen molar-refractivity contribution in [2.75, 3.05) is 13.2 Å². The molecule has 0 aliphatic heterocycles. The largest absolute Gasteiger partial charge is 0.462 e. The molecule has 0 spiro atoms. The van der Waals surface area contributed by atoms with Gasteiger partial charge in [0.25, 0.3) is 0 Å². The van der Waals surface area contributed by atoms with Gasteiger partial charge in [-0.3, -0.25) is 14.4 Å². The summed E-state index contributed by atoms with van der Waals surface area (Å²) < 4.78 is 16.8. The predicted octanol–water partition coefficient (Wildman–Crippen LogP) is 17.8. The number of hydrogen-bond donors (Lipinski definition) is 0. The molecule has 0 saturated heterocycles. The Kier molecular flexibility index (Phi) is 48.1. The van der Waals surface area contributed by atoms with E-state index in [0.717, 1.165) is 63.7 Å². The summed E-state index contributed by atoms with van der Waals surface area (Å²) in [7, 11) is 0. The van der Waals surface area contributed by atoms with Gasteiger partial charge >= 0.3 is 17.9 Å². The van der Waals surface area contributed by atoms with Gasteiger partial charge in [0.2, 0.25) is 0 Å². The van der Waals surface area contributed by atoms with Gasteiger partial charge in [-0.25, -0.2) is 0 Å². The van der Waals surface area contributed by atoms with Crippen LogP contribution in [-0.2, 0) is 28.6 Å². The molecule has 0 aromatic rings. The van der Waals surface area contributed by atoms with Crippen LogP contribution in [0.25, 0.3) is 0 Å². The SMILES string of the molecule is CCCCCCCCCCCCCCCCCCCCC(=O)OC[C@H](COC(=O)CCCCCCCCC)OC(=O)CCCCCCCCCCCCCCCCC(C)CC. The molecule has 0 rings (SSSR count). The lowest BCUT2D eigenvalue weighted by molar-refractivity contribution is -0.167. The Bertz CT molecular complexity index is 920. The van der Waals surface area contributed by atoms with Gasteiger partial charge in [0.15, 0.2) is 6.10 Å². The Morgan fingerprint density at radius 1 is 0.328 bits per heavy atom. The van der Waals surface area contributed by atoms with E-state index in [-0.39, 0.29) is 31.1 Å². The molecule has 61 heavy (non-hydrogen) atoms. The van der Waals surface area contributed by atoms with E-state index in [9.17, 15) is 14.4 Å². The molecular formula is C55H106O6. The summed E-state index contributed by atoms with van der Waals surface area (Å²) in [5, 5.41) is 0. The molecule has 0 heterocycles. The zero-order valence-electron chi connectivity index (χ0n) is 41.6. The molecule has 0 aromatic heterocycles. The van der Waals surface area contributed by atoms with Gasteiger partial charge < -0.3 is 14.2 Å². The highest BCUT2D eigenvalue weighted by Crippen LogP contribution is 2.18. The van der Waals surface area contributed by atoms with Crippen LogP contribution in [0.3, 0.4) is 0 Å². The molecule has 0 aromatic carbocycles. The molecule has 0 fully saturated rings. The van der Waals surface area contributed by atoms with Gasteiger partial charge in [0.1, 0.15) is 13.2 Å². The smallest absolute Gasteiger partial charge is 0.306 e. The van der Waals surface area contributed by atoms with E-state index in [1.165, 1.54) is 205 Å². The van der Waals surface area contributed by atoms with Crippen LogP contribution < -0.4 is 0 Å². The molecule has 362 valence electrons. The second-order valence-corrected chi connectivity index (χ2v) is 19.1. The quantitative estimate of drug-likeness (QED) is 0.0344. The summed E-state index contributed by atoms with van der Waals surface area (Å²) in [5.41, 5.74) is 0. The lowest BCUT2D eigenvalue weighted by atomic mass is 9.99. The minimum Gasteiger partial charge on any atom is -0.462 e. The Morgan fingerprint density at radius 2 is 0.574 bits per heavy atom. The highest BCUT2D eigenvalue weighted by atomic mass is 16.6. The third-order valence-corrected chi connectivity index (χ3v) is 12.9. The zero-order valence-corrected chi connectivity index (χ0v) is 41.6. The first kappa shape index (κ1) is 59.4. The van der Waals surface area contributed by atoms with E-state index >= 15 is 0 Å². The lowest BCUT2D eigenvalue weighted by Crippen LogP contribution is -2.30. The van der Waals surface area contributed by atoms with Crippen LogP contribution in [0.4, 0.5) is 0 Å². The maximum absolute atomic E-state index is 12.8. The van der Waals surface area contributed by atoms with Crippen molar-refractivity contribution < 1.29 is 28.6 Å². The maximum atomic E-state index is 12.8. The van der Waals surface area contributed by atoms with Crippen LogP contribution in [0.2, 0.25) is 0 Å². The number of rotatable bonds is 50. The topological polar surface area (TPSA) is 78.9 Å². The molecular weight excluding hydrogens is 757 g/mol. The third-order valence-electron chi connectivity index (χ3n) is 12.9. The van der Waals surface area contributed by atoms with Gasteiger partial charge in [-0.1, -0.05) is 272 Å². The summed E-state index contributed by atoms with van der Waals surface area (Å²) in [5.74, 6) is 0.0470. The summed E-state index contributed by atoms with van der Waals surface area (Å²) in [6.45, 7) is 9.04. The van der Waals surface area contributed by atoms with Crippen LogP contribution in [0.15, 0.2) is 0 Å². The van der Waals surface area contributed by atoms with Gasteiger partial charge in [-0.05, 0) is 25.2 Å². The first-order valence-corrected chi connectivity index (χ1v) is 27.4. The third kappa shape index (κ3) is 47.7. The van der Waals surface area contributed by atoms with Crippen LogP contribution in [-0.4, -0.2) is 37.2 Å². The van der Waals surface area contributed by atoms with E-state index in [4.69, 9.17) is 14.2 Å². The molecule has 1 unspecified atom stereocenters. The summed E-state index contributed by atoms with van der Waals surface area (Å²) >= 11 is 0. The molecule has 2 atom stereocenters. The summed E-state index contributed by atoms with van der Waals surface area (Å²) in [4.78, 5) is 37.9. The number of ether oxygens (including phenoxy) is 3. The molecule has 0 amide bonds. The van der Waals surface area contributed by atoms with Crippen LogP contribution in [0.1, 0.15) is 310 Å². The molecule has 0 saturated carbocycles. The molecule has 0 aliphatic rings. The van der Waals surface area contributed by atoms with Crippen LogP contribution in [0.5, 0.6) is 0 Å². The second kappa shape index (κ2) is 49.4. The first-order valence-electron chi connectivity index (χ1n) is 27.4. The summed E-state index contributed by atoms with van der Waals surface area (Å²) in [6, 6.07) is 0. The number of unbranched alkanes of at least 4 members (excludes halogenated alkanes) is 36. The van der Waals surface area contributed by atoms with Crippen LogP contribution in [0, 0.1) is 5.92 Å². The minimum atomic E-state index is -0.760. The maximum Gasteiger partial charge on any atom is 0.306 e. The van der Waals surface area contributed by atoms with Crippen molar-refractivity contribution in [1.29, 1.82) is 0 Å². The van der Waals surface area contributed by atoms with Crippen molar-refractivity contribution in [3.63, 3.8) is 0 Å². The van der Waals surface area contributed by atoms with Crippen molar-refractivity contribution in [2.45, 2.75) is 316 Å². The Morgan fingerprint density at radius 3 is 0.852 bits per heavy atom. The lowest BCUT2D eigenvalue weighted by Gasteiger charge is -2.18. The standard InChI is InChI=1S/C55H106O6/c1-5-8-10-12-14-15-16-17-18-19-20-21-25-28-31-35-39-43-47-54(57)60-50-52(49-59-53(56)46-42-38-33-13-11-9-6-2)61-55(58)48-44-40-36-32-29-26-23-22-24-27-30-34-37-41-45-51(4)7-3/h51-52H,5-50H2,1-4H3/t51?,52-/m0/s1. The second-order valence-electron chi connectivity index (χ2n) is 19.1. The minimum absolute atomic E-state index is 0.0628. The van der Waals surface area contributed by atoms with Gasteiger partial charge in [0.05, 0.1) is 0 Å². The molecule has 0 bridgehead atoms. The molecule has 0 N–H and O–H groups in total. The highest BCUT2D eigenvalue weighted by Gasteiger charge is 2.19. The summed E-state index contributed by atoms with van der Waals surface area (Å²) in [6.07, 6.45) is 52.4. The molecule has 0 radical (unpaired) electrons. The van der Waals surface area contributed by atoms with Crippen LogP contribution >= 0.6 is 0 Å². The van der Waals surface area contributed by atoms with E-state index in [2.05, 4.69) is 27.7 Å². The average Bonchev–Trinajstić information content (AvgIpc) is 3.26. The van der Waals surface area contributed by atoms with Crippen molar-refractivity contribution >= 4 is 17.9 Å². The number of carbonyl (C=O) groups excluding carboxylic acids is 3. The molecule has 6 heteroatoms. The zero-order chi connectivity index (χ0) is 44.5. The fourth-order valence-corrected chi connectivity index (χ4v) is 8.36. The Hall–Kier alpha value is -1.59. The van der Waals surface area contributed by atoms with Crippen molar-refractivity contribution in [1.82, 2.24) is 0 Å². The van der Waals surface area contributed by atoms with E-state index in [1.54, 1.807) is 0 Å². The fourth-order valence-electron chi connectivity index (χ4n) is 8.36. The Labute approximate surface area is 380 Å². The molecule has 0 aliphatic carbocycles. The fraction of sp³-hybridized carbons (Fsp3) is 0.945. The molecule has 6 nitrogen and oxygen atoms in total. The predicted molar refractivity (Wildman–Crippen MR) is 261 cm³/mol. The first-order chi connectivity index (χ1) is 29.9. The van der Waals surface area contributed by atoms with E-state index in [0.29, 0.717) is 19.3 Å². The monoisotopic (exact) mass is 863 g/mol. The van der Waals surface area contributed by atoms with Crippen molar-refractivity contribution in [3.05, 3.63) is 0 Å². The van der Waals surface area contributed by atoms with Crippen molar-refractivity contribution in [3.8, 4) is 0 Å².